The molecule has 0 fully saturated rings. The van der Waals surface area contributed by atoms with E-state index in [9.17, 15) is 0 Å². The summed E-state index contributed by atoms with van der Waals surface area (Å²) in [6.07, 6.45) is 0. The summed E-state index contributed by atoms with van der Waals surface area (Å²) in [7, 11) is 0. The molecule has 14 aromatic rings. The van der Waals surface area contributed by atoms with E-state index >= 15 is 0 Å². The molecule has 0 aliphatic carbocycles. The van der Waals surface area contributed by atoms with Crippen molar-refractivity contribution in [3.05, 3.63) is 231 Å². The Morgan fingerprint density at radius 1 is 0.169 bits per heavy atom. The fraction of sp³-hybridized carbons (Fsp3) is 0. The first-order valence-electron chi connectivity index (χ1n) is 22.5. The average Bonchev–Trinajstić information content (AvgIpc) is 3.74. The minimum absolute atomic E-state index is 1.21. The van der Waals surface area contributed by atoms with Crippen molar-refractivity contribution in [2.45, 2.75) is 0 Å². The van der Waals surface area contributed by atoms with Crippen LogP contribution in [0.1, 0.15) is 0 Å². The monoisotopic (exact) mass is 838 g/mol. The lowest BCUT2D eigenvalue weighted by atomic mass is 9.84. The number of fused-ring (bicyclic) bond motifs is 13. The fourth-order valence-electron chi connectivity index (χ4n) is 11.2. The zero-order valence-corrected chi connectivity index (χ0v) is 36.2. The van der Waals surface area contributed by atoms with E-state index < -0.39 is 0 Å². The molecule has 0 spiro atoms. The van der Waals surface area contributed by atoms with E-state index in [1.807, 2.05) is 11.3 Å². The molecule has 0 radical (unpaired) electrons. The van der Waals surface area contributed by atoms with Gasteiger partial charge in [0.05, 0.1) is 0 Å². The molecule has 300 valence electrons. The molecule has 0 aliphatic heterocycles. The number of thiophene rings is 1. The highest BCUT2D eigenvalue weighted by molar-refractivity contribution is 7.25. The Kier molecular flexibility index (Phi) is 7.95. The van der Waals surface area contributed by atoms with E-state index in [2.05, 4.69) is 231 Å². The van der Waals surface area contributed by atoms with Crippen molar-refractivity contribution >= 4 is 107 Å². The van der Waals surface area contributed by atoms with Crippen molar-refractivity contribution < 1.29 is 0 Å². The Morgan fingerprint density at radius 3 is 0.969 bits per heavy atom. The fourth-order valence-corrected chi connectivity index (χ4v) is 12.4. The first-order chi connectivity index (χ1) is 32.3. The molecule has 0 nitrogen and oxygen atoms in total. The van der Waals surface area contributed by atoms with Crippen LogP contribution in [0, 0.1) is 0 Å². The minimum Gasteiger partial charge on any atom is -0.135 e. The van der Waals surface area contributed by atoms with Gasteiger partial charge in [-0.3, -0.25) is 0 Å². The second kappa shape index (κ2) is 14.2. The Morgan fingerprint density at radius 2 is 0.492 bits per heavy atom. The van der Waals surface area contributed by atoms with Crippen LogP contribution in [-0.2, 0) is 0 Å². The van der Waals surface area contributed by atoms with Gasteiger partial charge >= 0.3 is 0 Å². The van der Waals surface area contributed by atoms with Crippen molar-refractivity contribution in [3.63, 3.8) is 0 Å². The van der Waals surface area contributed by atoms with Gasteiger partial charge in [-0.2, -0.15) is 0 Å². The summed E-state index contributed by atoms with van der Waals surface area (Å²) in [4.78, 5) is 0. The lowest BCUT2D eigenvalue weighted by Crippen LogP contribution is -1.92. The second-order valence-corrected chi connectivity index (χ2v) is 18.5. The number of rotatable bonds is 4. The molecule has 0 N–H and O–H groups in total. The molecule has 0 saturated carbocycles. The summed E-state index contributed by atoms with van der Waals surface area (Å²) in [5.41, 5.74) is 10.0. The first-order valence-corrected chi connectivity index (χ1v) is 23.3. The summed E-state index contributed by atoms with van der Waals surface area (Å²) >= 11 is 1.89. The molecule has 1 aromatic heterocycles. The summed E-state index contributed by atoms with van der Waals surface area (Å²) in [5.74, 6) is 0. The highest BCUT2D eigenvalue weighted by Gasteiger charge is 2.20. The number of hydrogen-bond acceptors (Lipinski definition) is 1. The minimum atomic E-state index is 1.21. The Balaban J connectivity index is 0.965. The van der Waals surface area contributed by atoms with E-state index in [0.29, 0.717) is 0 Å². The molecule has 0 bridgehead atoms. The SMILES string of the molecule is c1ccc(-c2c3ccccc3c(-c3ccc(-c4c5ccccc5c(-c5ccc6c(c5)c5ccccc5c5cc7c(cc65)sc5ccccc57)c5ccccc45)cc3)c3ccccc23)cc1. The van der Waals surface area contributed by atoms with E-state index in [4.69, 9.17) is 0 Å². The van der Waals surface area contributed by atoms with Gasteiger partial charge in [0, 0.05) is 20.2 Å². The highest BCUT2D eigenvalue weighted by Crippen LogP contribution is 2.48. The van der Waals surface area contributed by atoms with Crippen molar-refractivity contribution in [1.82, 2.24) is 0 Å². The van der Waals surface area contributed by atoms with Crippen LogP contribution in [0.4, 0.5) is 0 Å². The third-order valence-corrected chi connectivity index (χ3v) is 15.1. The zero-order valence-electron chi connectivity index (χ0n) is 35.3. The molecule has 0 amide bonds. The van der Waals surface area contributed by atoms with Gasteiger partial charge in [-0.25, -0.2) is 0 Å². The third kappa shape index (κ3) is 5.43. The van der Waals surface area contributed by atoms with Gasteiger partial charge in [0.1, 0.15) is 0 Å². The Bertz CT molecular complexity index is 4150. The Labute approximate surface area is 379 Å². The van der Waals surface area contributed by atoms with Gasteiger partial charge in [0.25, 0.3) is 0 Å². The summed E-state index contributed by atoms with van der Waals surface area (Å²) in [6, 6.07) is 86.0. The van der Waals surface area contributed by atoms with Crippen molar-refractivity contribution in [1.29, 1.82) is 0 Å². The number of benzene rings is 13. The highest BCUT2D eigenvalue weighted by atomic mass is 32.1. The van der Waals surface area contributed by atoms with Gasteiger partial charge in [-0.1, -0.05) is 206 Å². The maximum absolute atomic E-state index is 2.46. The average molecular weight is 839 g/mol. The largest absolute Gasteiger partial charge is 0.135 e. The van der Waals surface area contributed by atoms with E-state index in [-0.39, 0.29) is 0 Å². The molecular formula is C64H38S. The predicted molar refractivity (Wildman–Crippen MR) is 284 cm³/mol. The van der Waals surface area contributed by atoms with Crippen LogP contribution in [0.3, 0.4) is 0 Å². The topological polar surface area (TPSA) is 0 Å². The second-order valence-electron chi connectivity index (χ2n) is 17.4. The molecule has 1 heterocycles. The van der Waals surface area contributed by atoms with Crippen LogP contribution >= 0.6 is 11.3 Å². The van der Waals surface area contributed by atoms with Crippen LogP contribution < -0.4 is 0 Å². The van der Waals surface area contributed by atoms with Gasteiger partial charge in [0.2, 0.25) is 0 Å². The van der Waals surface area contributed by atoms with Crippen LogP contribution in [0.5, 0.6) is 0 Å². The predicted octanol–water partition coefficient (Wildman–Crippen LogP) is 18.8. The van der Waals surface area contributed by atoms with Crippen LogP contribution in [0.25, 0.3) is 140 Å². The maximum atomic E-state index is 2.46. The molecule has 13 aromatic carbocycles. The zero-order chi connectivity index (χ0) is 42.6. The summed E-state index contributed by atoms with van der Waals surface area (Å²) < 4.78 is 2.67. The van der Waals surface area contributed by atoms with Gasteiger partial charge < -0.3 is 0 Å². The quantitative estimate of drug-likeness (QED) is 0.122. The Hall–Kier alpha value is -8.10. The standard InChI is InChI=1S/C64H38S/c1-2-16-39(17-3-1)61-47-21-6-8-23-49(47)62(50-24-9-7-22-48(50)61)40-30-32-41(33-31-40)63-51-25-10-12-27-53(51)64(54-28-13-11-26-52(54)63)42-34-35-45-55(36-42)43-18-4-5-19-44(43)56-37-58-46-20-14-15-29-59(46)65-60(58)38-57(45)56/h1-38H. The van der Waals surface area contributed by atoms with Crippen LogP contribution in [0.15, 0.2) is 231 Å². The smallest absolute Gasteiger partial charge is 0.0362 e. The third-order valence-electron chi connectivity index (χ3n) is 14.0. The molecule has 1 heteroatoms. The summed E-state index contributed by atoms with van der Waals surface area (Å²) in [6.45, 7) is 0. The van der Waals surface area contributed by atoms with Crippen molar-refractivity contribution in [2.24, 2.45) is 0 Å². The number of hydrogen-bond donors (Lipinski definition) is 0. The molecule has 0 aliphatic rings. The van der Waals surface area contributed by atoms with E-state index in [0.717, 1.165) is 0 Å². The molecule has 14 rings (SSSR count). The van der Waals surface area contributed by atoms with Crippen molar-refractivity contribution in [2.75, 3.05) is 0 Å². The van der Waals surface area contributed by atoms with E-state index in [1.54, 1.807) is 0 Å². The molecular weight excluding hydrogens is 801 g/mol. The van der Waals surface area contributed by atoms with Crippen LogP contribution in [0.2, 0.25) is 0 Å². The maximum Gasteiger partial charge on any atom is 0.0362 e. The molecule has 65 heavy (non-hydrogen) atoms. The first kappa shape index (κ1) is 36.4. The van der Waals surface area contributed by atoms with Gasteiger partial charge in [0.15, 0.2) is 0 Å². The van der Waals surface area contributed by atoms with Crippen molar-refractivity contribution in [3.8, 4) is 44.5 Å². The lowest BCUT2D eigenvalue weighted by Gasteiger charge is -2.20. The molecule has 0 unspecified atom stereocenters. The van der Waals surface area contributed by atoms with Gasteiger partial charge in [-0.05, 0) is 144 Å². The molecule has 0 atom stereocenters. The summed E-state index contributed by atoms with van der Waals surface area (Å²) in [5, 5.41) is 20.6. The van der Waals surface area contributed by atoms with Gasteiger partial charge in [-0.15, -0.1) is 11.3 Å². The normalized spacial score (nSPS) is 12.0. The lowest BCUT2D eigenvalue weighted by molar-refractivity contribution is 1.64. The van der Waals surface area contributed by atoms with E-state index in [1.165, 1.54) is 140 Å². The van der Waals surface area contributed by atoms with Crippen LogP contribution in [-0.4, -0.2) is 0 Å². The molecule has 0 saturated heterocycles.